The first-order chi connectivity index (χ1) is 18.3. The summed E-state index contributed by atoms with van der Waals surface area (Å²) in [4.78, 5) is 13.4. The van der Waals surface area contributed by atoms with Crippen LogP contribution < -0.4 is 0 Å². The van der Waals surface area contributed by atoms with E-state index in [0.717, 1.165) is 32.4 Å². The van der Waals surface area contributed by atoms with Crippen molar-refractivity contribution in [2.24, 2.45) is 0 Å². The Morgan fingerprint density at radius 3 is 1.42 bits per heavy atom. The van der Waals surface area contributed by atoms with Crippen molar-refractivity contribution >= 4 is 66.9 Å². The SMILES string of the molecule is [C-]#[N+]/C(C#N)=C\c1sc(-c2cc3sc(-c4cc(C(C)CC)c(/C=C(\C#N)[N+]#[C-])s4)cc3s2)cc1C(C)CC. The minimum absolute atomic E-state index is 0.111. The van der Waals surface area contributed by atoms with Crippen LogP contribution >= 0.6 is 45.3 Å². The van der Waals surface area contributed by atoms with Crippen LogP contribution in [0.1, 0.15) is 73.3 Å². The smallest absolute Gasteiger partial charge is 0.227 e. The molecule has 4 aromatic rings. The van der Waals surface area contributed by atoms with Crippen molar-refractivity contribution < 1.29 is 0 Å². The van der Waals surface area contributed by atoms with Crippen LogP contribution in [-0.2, 0) is 0 Å². The molecule has 0 aliphatic rings. The topological polar surface area (TPSA) is 56.3 Å². The molecular weight excluding hydrogens is 545 g/mol. The summed E-state index contributed by atoms with van der Waals surface area (Å²) in [5, 5.41) is 18.5. The van der Waals surface area contributed by atoms with Gasteiger partial charge in [-0.2, -0.15) is 0 Å². The number of fused-ring (bicyclic) bond motifs is 1. The van der Waals surface area contributed by atoms with Crippen molar-refractivity contribution in [3.05, 3.63) is 79.4 Å². The summed E-state index contributed by atoms with van der Waals surface area (Å²) >= 11 is 6.81. The van der Waals surface area contributed by atoms with Crippen molar-refractivity contribution in [2.75, 3.05) is 0 Å². The summed E-state index contributed by atoms with van der Waals surface area (Å²) < 4.78 is 2.45. The maximum atomic E-state index is 9.26. The fraction of sp³-hybridized carbons (Fsp3) is 0.267. The lowest BCUT2D eigenvalue weighted by Crippen LogP contribution is -1.90. The minimum Gasteiger partial charge on any atom is -0.227 e. The molecule has 0 bridgehead atoms. The van der Waals surface area contributed by atoms with E-state index in [-0.39, 0.29) is 11.4 Å². The fourth-order valence-corrected chi connectivity index (χ4v) is 9.00. The van der Waals surface area contributed by atoms with E-state index in [1.807, 2.05) is 12.1 Å². The van der Waals surface area contributed by atoms with Crippen LogP contribution in [0.25, 0.3) is 50.8 Å². The molecule has 4 nitrogen and oxygen atoms in total. The molecule has 2 unspecified atom stereocenters. The Balaban J connectivity index is 1.73. The number of hydrogen-bond acceptors (Lipinski definition) is 6. The third kappa shape index (κ3) is 5.51. The van der Waals surface area contributed by atoms with Crippen molar-refractivity contribution in [1.29, 1.82) is 10.5 Å². The van der Waals surface area contributed by atoms with Gasteiger partial charge in [-0.25, -0.2) is 20.2 Å². The standard InChI is InChI=1S/C30H24N4S4/c1-7-17(3)21-11-25(35-23(21)9-19(15-31)33-5)27-13-29-30(37-27)14-28(38-29)26-12-22(18(4)8-2)24(36-26)10-20(16-32)34-6/h9-14,17-18H,7-8H2,1-4H3/b19-9-,20-10+. The summed E-state index contributed by atoms with van der Waals surface area (Å²) in [5.41, 5.74) is 2.60. The molecule has 2 atom stereocenters. The van der Waals surface area contributed by atoms with Crippen LogP contribution in [0.3, 0.4) is 0 Å². The molecule has 0 radical (unpaired) electrons. The van der Waals surface area contributed by atoms with E-state index in [1.165, 1.54) is 30.3 Å². The summed E-state index contributed by atoms with van der Waals surface area (Å²) in [5.74, 6) is 0.687. The Hall–Kier alpha value is -3.50. The van der Waals surface area contributed by atoms with Crippen LogP contribution in [0, 0.1) is 35.8 Å². The first kappa shape index (κ1) is 27.5. The van der Waals surface area contributed by atoms with E-state index >= 15 is 0 Å². The molecule has 0 spiro atoms. The highest BCUT2D eigenvalue weighted by Crippen LogP contribution is 2.47. The lowest BCUT2D eigenvalue weighted by Gasteiger charge is -2.07. The van der Waals surface area contributed by atoms with Gasteiger partial charge in [0.15, 0.2) is 0 Å². The molecule has 4 aromatic heterocycles. The van der Waals surface area contributed by atoms with E-state index in [4.69, 9.17) is 13.1 Å². The van der Waals surface area contributed by atoms with Gasteiger partial charge in [-0.1, -0.05) is 27.7 Å². The van der Waals surface area contributed by atoms with Gasteiger partial charge in [-0.15, -0.1) is 45.3 Å². The van der Waals surface area contributed by atoms with E-state index in [0.29, 0.717) is 11.8 Å². The Labute approximate surface area is 239 Å². The molecule has 0 saturated heterocycles. The molecule has 188 valence electrons. The Morgan fingerprint density at radius 1 is 0.737 bits per heavy atom. The minimum atomic E-state index is 0.111. The van der Waals surface area contributed by atoms with Gasteiger partial charge < -0.3 is 0 Å². The first-order valence-electron chi connectivity index (χ1n) is 12.2. The molecule has 0 amide bonds. The van der Waals surface area contributed by atoms with Crippen LogP contribution in [0.5, 0.6) is 0 Å². The molecular formula is C30H24N4S4. The third-order valence-electron chi connectivity index (χ3n) is 6.57. The predicted octanol–water partition coefficient (Wildman–Crippen LogP) is 11.0. The molecule has 0 aliphatic heterocycles. The third-order valence-corrected chi connectivity index (χ3v) is 11.4. The van der Waals surface area contributed by atoms with Gasteiger partial charge in [-0.05, 0) is 72.2 Å². The van der Waals surface area contributed by atoms with E-state index in [1.54, 1.807) is 57.5 Å². The van der Waals surface area contributed by atoms with Crippen molar-refractivity contribution in [3.8, 4) is 31.6 Å². The van der Waals surface area contributed by atoms with Crippen LogP contribution in [-0.4, -0.2) is 0 Å². The molecule has 8 heteroatoms. The Bertz CT molecular complexity index is 1540. The lowest BCUT2D eigenvalue weighted by molar-refractivity contribution is 0.735. The molecule has 4 rings (SSSR count). The molecule has 38 heavy (non-hydrogen) atoms. The van der Waals surface area contributed by atoms with Gasteiger partial charge in [0.2, 0.25) is 0 Å². The average Bonchev–Trinajstić information content (AvgIpc) is 3.71. The molecule has 0 aromatic carbocycles. The zero-order valence-corrected chi connectivity index (χ0v) is 24.7. The van der Waals surface area contributed by atoms with E-state index in [9.17, 15) is 10.5 Å². The second-order valence-corrected chi connectivity index (χ2v) is 13.3. The quantitative estimate of drug-likeness (QED) is 0.157. The number of nitrogens with zero attached hydrogens (tertiary/aromatic N) is 4. The zero-order valence-electron chi connectivity index (χ0n) is 21.5. The highest BCUT2D eigenvalue weighted by atomic mass is 32.1. The largest absolute Gasteiger partial charge is 0.263 e. The molecule has 0 N–H and O–H groups in total. The molecule has 0 aliphatic carbocycles. The molecule has 0 fully saturated rings. The van der Waals surface area contributed by atoms with Gasteiger partial charge in [0.1, 0.15) is 0 Å². The summed E-state index contributed by atoms with van der Waals surface area (Å²) in [6.07, 6.45) is 5.42. The van der Waals surface area contributed by atoms with E-state index < -0.39 is 0 Å². The number of thiophene rings is 4. The number of allylic oxidation sites excluding steroid dienone is 2. The van der Waals surface area contributed by atoms with Gasteiger partial charge in [0.05, 0.1) is 25.3 Å². The second-order valence-electron chi connectivity index (χ2n) is 8.94. The number of rotatable bonds is 8. The Morgan fingerprint density at radius 2 is 1.11 bits per heavy atom. The summed E-state index contributed by atoms with van der Waals surface area (Å²) in [7, 11) is 0. The van der Waals surface area contributed by atoms with Crippen LogP contribution in [0.2, 0.25) is 0 Å². The Kier molecular flexibility index (Phi) is 8.63. The maximum Gasteiger partial charge on any atom is 0.263 e. The van der Waals surface area contributed by atoms with Crippen molar-refractivity contribution in [1.82, 2.24) is 0 Å². The lowest BCUT2D eigenvalue weighted by atomic mass is 9.98. The van der Waals surface area contributed by atoms with Gasteiger partial charge >= 0.3 is 0 Å². The predicted molar refractivity (Wildman–Crippen MR) is 164 cm³/mol. The zero-order chi connectivity index (χ0) is 27.4. The van der Waals surface area contributed by atoms with Crippen molar-refractivity contribution in [2.45, 2.75) is 52.4 Å². The summed E-state index contributed by atoms with van der Waals surface area (Å²) in [6, 6.07) is 12.9. The van der Waals surface area contributed by atoms with E-state index in [2.05, 4.69) is 61.7 Å². The van der Waals surface area contributed by atoms with Gasteiger partial charge in [0.25, 0.3) is 11.4 Å². The first-order valence-corrected chi connectivity index (χ1v) is 15.4. The molecule has 4 heterocycles. The second kappa shape index (κ2) is 11.9. The summed E-state index contributed by atoms with van der Waals surface area (Å²) in [6.45, 7) is 23.2. The fourth-order valence-electron chi connectivity index (χ4n) is 4.02. The normalized spacial score (nSPS) is 13.5. The number of hydrogen-bond donors (Lipinski definition) is 0. The highest BCUT2D eigenvalue weighted by Gasteiger charge is 2.19. The average molecular weight is 569 g/mol. The highest BCUT2D eigenvalue weighted by molar-refractivity contribution is 7.33. The van der Waals surface area contributed by atoms with Crippen molar-refractivity contribution in [3.63, 3.8) is 0 Å². The maximum absolute atomic E-state index is 9.26. The number of nitriles is 2. The molecule has 0 saturated carbocycles. The van der Waals surface area contributed by atoms with Crippen LogP contribution in [0.15, 0.2) is 35.7 Å². The van der Waals surface area contributed by atoms with Gasteiger partial charge in [0, 0.05) is 38.7 Å². The van der Waals surface area contributed by atoms with Crippen LogP contribution in [0.4, 0.5) is 0 Å². The van der Waals surface area contributed by atoms with Gasteiger partial charge in [-0.3, -0.25) is 0 Å². The monoisotopic (exact) mass is 568 g/mol.